The Labute approximate surface area is 106 Å². The van der Waals surface area contributed by atoms with Gasteiger partial charge in [-0.3, -0.25) is 4.68 Å². The third kappa shape index (κ3) is 3.97. The second-order valence-corrected chi connectivity index (χ2v) is 6.15. The normalized spacial score (nSPS) is 11.9. The standard InChI is InChI=1S/C10H17ClN2O3S/c1-3-5-6-16-8-9-10(17(11,14)15)7-12-13(9)4-2/h7H,3-6,8H2,1-2H3. The number of rotatable bonds is 7. The lowest BCUT2D eigenvalue weighted by atomic mass is 10.3. The summed E-state index contributed by atoms with van der Waals surface area (Å²) >= 11 is 0. The topological polar surface area (TPSA) is 61.2 Å². The number of hydrogen-bond acceptors (Lipinski definition) is 4. The second-order valence-electron chi connectivity index (χ2n) is 3.62. The van der Waals surface area contributed by atoms with E-state index in [1.807, 2.05) is 6.92 Å². The fourth-order valence-electron chi connectivity index (χ4n) is 1.43. The van der Waals surface area contributed by atoms with Crippen LogP contribution in [0.2, 0.25) is 0 Å². The number of nitrogens with zero attached hydrogens (tertiary/aromatic N) is 2. The lowest BCUT2D eigenvalue weighted by Crippen LogP contribution is -2.08. The maximum Gasteiger partial charge on any atom is 0.264 e. The Kier molecular flexibility index (Phi) is 5.42. The molecule has 1 aromatic heterocycles. The number of ether oxygens (including phenoxy) is 1. The van der Waals surface area contributed by atoms with Crippen molar-refractivity contribution in [1.29, 1.82) is 0 Å². The molecule has 0 aliphatic heterocycles. The van der Waals surface area contributed by atoms with Crippen LogP contribution in [0.4, 0.5) is 0 Å². The quantitative estimate of drug-likeness (QED) is 0.567. The van der Waals surface area contributed by atoms with Gasteiger partial charge in [0.1, 0.15) is 4.90 Å². The van der Waals surface area contributed by atoms with Crippen molar-refractivity contribution in [1.82, 2.24) is 9.78 Å². The average molecular weight is 281 g/mol. The molecule has 7 heteroatoms. The Morgan fingerprint density at radius 2 is 2.18 bits per heavy atom. The lowest BCUT2D eigenvalue weighted by molar-refractivity contribution is 0.110. The molecule has 0 saturated heterocycles. The molecule has 0 N–H and O–H groups in total. The van der Waals surface area contributed by atoms with Crippen molar-refractivity contribution in [3.8, 4) is 0 Å². The van der Waals surface area contributed by atoms with Crippen molar-refractivity contribution < 1.29 is 13.2 Å². The van der Waals surface area contributed by atoms with Gasteiger partial charge in [-0.15, -0.1) is 0 Å². The van der Waals surface area contributed by atoms with Gasteiger partial charge in [0, 0.05) is 23.8 Å². The molecule has 0 saturated carbocycles. The molecule has 5 nitrogen and oxygen atoms in total. The van der Waals surface area contributed by atoms with Crippen LogP contribution in [-0.2, 0) is 26.9 Å². The third-order valence-corrected chi connectivity index (χ3v) is 3.72. The van der Waals surface area contributed by atoms with Crippen LogP contribution in [0.15, 0.2) is 11.1 Å². The molecule has 1 rings (SSSR count). The van der Waals surface area contributed by atoms with Crippen LogP contribution in [0.25, 0.3) is 0 Å². The predicted molar refractivity (Wildman–Crippen MR) is 65.5 cm³/mol. The lowest BCUT2D eigenvalue weighted by Gasteiger charge is -2.07. The van der Waals surface area contributed by atoms with E-state index in [1.165, 1.54) is 6.20 Å². The van der Waals surface area contributed by atoms with Crippen molar-refractivity contribution in [2.75, 3.05) is 6.61 Å². The molecule has 17 heavy (non-hydrogen) atoms. The highest BCUT2D eigenvalue weighted by molar-refractivity contribution is 8.13. The van der Waals surface area contributed by atoms with Crippen molar-refractivity contribution in [2.24, 2.45) is 0 Å². The summed E-state index contributed by atoms with van der Waals surface area (Å²) in [7, 11) is 1.58. The van der Waals surface area contributed by atoms with Gasteiger partial charge in [-0.2, -0.15) is 5.10 Å². The van der Waals surface area contributed by atoms with Crippen molar-refractivity contribution in [2.45, 2.75) is 44.7 Å². The number of unbranched alkanes of at least 4 members (excludes halogenated alkanes) is 1. The number of hydrogen-bond donors (Lipinski definition) is 0. The van der Waals surface area contributed by atoms with Gasteiger partial charge in [-0.25, -0.2) is 8.42 Å². The molecule has 0 aliphatic rings. The van der Waals surface area contributed by atoms with E-state index in [0.29, 0.717) is 18.8 Å². The molecule has 0 spiro atoms. The Morgan fingerprint density at radius 1 is 1.47 bits per heavy atom. The first-order valence-electron chi connectivity index (χ1n) is 5.57. The molecular formula is C10H17ClN2O3S. The summed E-state index contributed by atoms with van der Waals surface area (Å²) in [6.07, 6.45) is 3.25. The summed E-state index contributed by atoms with van der Waals surface area (Å²) in [6, 6.07) is 0. The van der Waals surface area contributed by atoms with Crippen LogP contribution >= 0.6 is 10.7 Å². The Balaban J connectivity index is 2.83. The highest BCUT2D eigenvalue weighted by atomic mass is 35.7. The van der Waals surface area contributed by atoms with Crippen LogP contribution in [0.3, 0.4) is 0 Å². The smallest absolute Gasteiger partial charge is 0.264 e. The van der Waals surface area contributed by atoms with Crippen LogP contribution in [0.5, 0.6) is 0 Å². The molecular weight excluding hydrogens is 264 g/mol. The van der Waals surface area contributed by atoms with Gasteiger partial charge in [0.25, 0.3) is 9.05 Å². The van der Waals surface area contributed by atoms with Gasteiger partial charge in [0.2, 0.25) is 0 Å². The molecule has 0 unspecified atom stereocenters. The molecule has 0 aliphatic carbocycles. The predicted octanol–water partition coefficient (Wildman–Crippen LogP) is 2.15. The summed E-state index contributed by atoms with van der Waals surface area (Å²) in [5, 5.41) is 3.97. The number of halogens is 1. The Morgan fingerprint density at radius 3 is 2.71 bits per heavy atom. The van der Waals surface area contributed by atoms with Crippen LogP contribution in [0, 0.1) is 0 Å². The Hall–Kier alpha value is -0.590. The summed E-state index contributed by atoms with van der Waals surface area (Å²) in [4.78, 5) is 0.0394. The summed E-state index contributed by atoms with van der Waals surface area (Å²) in [5.41, 5.74) is 0.513. The van der Waals surface area contributed by atoms with Crippen LogP contribution in [0.1, 0.15) is 32.4 Å². The molecule has 98 valence electrons. The van der Waals surface area contributed by atoms with E-state index in [0.717, 1.165) is 12.8 Å². The van der Waals surface area contributed by atoms with Crippen molar-refractivity contribution in [3.05, 3.63) is 11.9 Å². The van der Waals surface area contributed by atoms with Gasteiger partial charge >= 0.3 is 0 Å². The Bertz CT molecular complexity index is 456. The van der Waals surface area contributed by atoms with E-state index in [-0.39, 0.29) is 11.5 Å². The van der Waals surface area contributed by atoms with E-state index in [9.17, 15) is 8.42 Å². The summed E-state index contributed by atoms with van der Waals surface area (Å²) < 4.78 is 29.7. The van der Waals surface area contributed by atoms with E-state index in [4.69, 9.17) is 15.4 Å². The van der Waals surface area contributed by atoms with E-state index in [2.05, 4.69) is 12.0 Å². The molecule has 1 aromatic rings. The molecule has 0 atom stereocenters. The van der Waals surface area contributed by atoms with E-state index < -0.39 is 9.05 Å². The zero-order valence-electron chi connectivity index (χ0n) is 10.0. The number of aryl methyl sites for hydroxylation is 1. The fourth-order valence-corrected chi connectivity index (χ4v) is 2.44. The fraction of sp³-hybridized carbons (Fsp3) is 0.700. The van der Waals surface area contributed by atoms with Gasteiger partial charge < -0.3 is 4.74 Å². The number of aromatic nitrogens is 2. The minimum absolute atomic E-state index is 0.0394. The van der Waals surface area contributed by atoms with Crippen LogP contribution in [-0.4, -0.2) is 24.8 Å². The first-order chi connectivity index (χ1) is 8.00. The molecule has 0 aromatic carbocycles. The molecule has 0 fully saturated rings. The van der Waals surface area contributed by atoms with Crippen LogP contribution < -0.4 is 0 Å². The maximum absolute atomic E-state index is 11.3. The first kappa shape index (κ1) is 14.5. The second kappa shape index (κ2) is 6.37. The van der Waals surface area contributed by atoms with Gasteiger partial charge in [0.05, 0.1) is 18.5 Å². The van der Waals surface area contributed by atoms with E-state index in [1.54, 1.807) is 4.68 Å². The SMILES string of the molecule is CCCCOCc1c(S(=O)(=O)Cl)cnn1CC. The van der Waals surface area contributed by atoms with Crippen molar-refractivity contribution >= 4 is 19.7 Å². The summed E-state index contributed by atoms with van der Waals surface area (Å²) in [6.45, 7) is 5.35. The van der Waals surface area contributed by atoms with E-state index >= 15 is 0 Å². The zero-order chi connectivity index (χ0) is 12.9. The molecule has 1 heterocycles. The van der Waals surface area contributed by atoms with Gasteiger partial charge in [-0.05, 0) is 13.3 Å². The zero-order valence-corrected chi connectivity index (χ0v) is 11.6. The van der Waals surface area contributed by atoms with Crippen molar-refractivity contribution in [3.63, 3.8) is 0 Å². The molecule has 0 bridgehead atoms. The minimum atomic E-state index is -3.76. The highest BCUT2D eigenvalue weighted by Gasteiger charge is 2.20. The minimum Gasteiger partial charge on any atom is -0.375 e. The summed E-state index contributed by atoms with van der Waals surface area (Å²) in [5.74, 6) is 0. The molecule has 0 radical (unpaired) electrons. The third-order valence-electron chi connectivity index (χ3n) is 2.35. The first-order valence-corrected chi connectivity index (χ1v) is 7.88. The molecule has 0 amide bonds. The average Bonchev–Trinajstić information content (AvgIpc) is 2.67. The largest absolute Gasteiger partial charge is 0.375 e. The highest BCUT2D eigenvalue weighted by Crippen LogP contribution is 2.20. The van der Waals surface area contributed by atoms with Gasteiger partial charge in [-0.1, -0.05) is 13.3 Å². The maximum atomic E-state index is 11.3. The van der Waals surface area contributed by atoms with Gasteiger partial charge in [0.15, 0.2) is 0 Å². The monoisotopic (exact) mass is 280 g/mol.